The van der Waals surface area contributed by atoms with Gasteiger partial charge in [-0.15, -0.1) is 0 Å². The Hall–Kier alpha value is -8.56. The fourth-order valence-electron chi connectivity index (χ4n) is 9.74. The first-order chi connectivity index (χ1) is 55.0. The van der Waals surface area contributed by atoms with Crippen LogP contribution >= 0.6 is 140 Å². The Labute approximate surface area is 727 Å². The van der Waals surface area contributed by atoms with Gasteiger partial charge >= 0.3 is 6.01 Å². The summed E-state index contributed by atoms with van der Waals surface area (Å²) in [4.78, 5) is 85.5. The predicted molar refractivity (Wildman–Crippen MR) is 463 cm³/mol. The van der Waals surface area contributed by atoms with E-state index in [1.165, 1.54) is 37.7 Å². The van der Waals surface area contributed by atoms with Crippen molar-refractivity contribution in [3.63, 3.8) is 0 Å². The van der Waals surface area contributed by atoms with Crippen molar-refractivity contribution in [2.75, 3.05) is 143 Å². The van der Waals surface area contributed by atoms with E-state index in [-0.39, 0.29) is 53.4 Å². The molecule has 0 bridgehead atoms. The van der Waals surface area contributed by atoms with Gasteiger partial charge in [0.2, 0.25) is 41.6 Å². The summed E-state index contributed by atoms with van der Waals surface area (Å²) in [5.74, 6) is 5.60. The van der Waals surface area contributed by atoms with E-state index in [1.54, 1.807) is 61.5 Å². The fraction of sp³-hybridized carbons (Fsp3) is 0.333. The molecule has 0 fully saturated rings. The molecule has 11 rings (SSSR count). The minimum Gasteiger partial charge on any atom is -0.495 e. The first-order valence-corrected chi connectivity index (χ1v) is 40.2. The van der Waals surface area contributed by atoms with Crippen LogP contribution in [0, 0.1) is 13.8 Å². The molecule has 0 saturated carbocycles. The molecule has 620 valence electrons. The van der Waals surface area contributed by atoms with E-state index in [9.17, 15) is 9.59 Å². The molecular formula is C72H82Cl10N24O8S2. The summed E-state index contributed by atoms with van der Waals surface area (Å²) in [5.41, 5.74) is 44.3. The summed E-state index contributed by atoms with van der Waals surface area (Å²) < 4.78 is 32.8. The number of thioether (sulfide) groups is 2. The molecule has 0 spiro atoms. The van der Waals surface area contributed by atoms with Crippen LogP contribution in [-0.2, 0) is 16.0 Å². The van der Waals surface area contributed by atoms with Crippen molar-refractivity contribution in [2.24, 2.45) is 11.5 Å². The van der Waals surface area contributed by atoms with Crippen molar-refractivity contribution in [1.29, 1.82) is 0 Å². The normalized spacial score (nSPS) is 11.3. The van der Waals surface area contributed by atoms with E-state index >= 15 is 0 Å². The lowest BCUT2D eigenvalue weighted by Crippen LogP contribution is -2.19. The number of nitrogens with two attached hydrogens (primary N) is 7. The number of nitrogen functional groups attached to an aromatic ring is 5. The maximum atomic E-state index is 10.8. The molecule has 32 nitrogen and oxygen atoms in total. The summed E-state index contributed by atoms with van der Waals surface area (Å²) in [6.07, 6.45) is 2.61. The van der Waals surface area contributed by atoms with E-state index in [1.807, 2.05) is 70.0 Å². The third-order valence-corrected chi connectivity index (χ3v) is 20.0. The molecule has 6 heterocycles. The number of aryl methyl sites for hydroxylation is 2. The van der Waals surface area contributed by atoms with Crippen LogP contribution in [0.15, 0.2) is 71.0 Å². The first-order valence-electron chi connectivity index (χ1n) is 34.5. The maximum absolute atomic E-state index is 10.8. The topological polar surface area (TPSA) is 462 Å². The lowest BCUT2D eigenvalue weighted by atomic mass is 10.0. The second-order valence-electron chi connectivity index (χ2n) is 25.1. The minimum absolute atomic E-state index is 0.0351. The molecule has 0 atom stereocenters. The van der Waals surface area contributed by atoms with Gasteiger partial charge in [0.25, 0.3) is 0 Å². The van der Waals surface area contributed by atoms with Crippen molar-refractivity contribution in [3.05, 3.63) is 128 Å². The smallest absolute Gasteiger partial charge is 0.321 e. The highest BCUT2D eigenvalue weighted by Crippen LogP contribution is 2.45. The van der Waals surface area contributed by atoms with Crippen LogP contribution in [0.2, 0.25) is 50.2 Å². The SMILES string of the molecule is CN(C)CCOc1cc(-c2nc(N)nc(SCCCC(N)=O)n2)c(Cl)cc1Cl.COc1cc(-c2nc(N)nc(SCCCC(N)=O)n2)c(Cl)cc1Cl.COc1nc(N)nc(-c2cc(OCCN(C)C)c(Cl)cc2Cl)n1.Cc1cc(-c2c(Cl)cc(Cl)c3c2CCO3)nc(N)n1.Cc1nc(N)nc(-c2cc(OCCN(C)C)c(Cl)cc2Cl)n1. The van der Waals surface area contributed by atoms with Crippen molar-refractivity contribution in [1.82, 2.24) is 84.5 Å². The van der Waals surface area contributed by atoms with Crippen LogP contribution in [0.25, 0.3) is 56.8 Å². The van der Waals surface area contributed by atoms with Gasteiger partial charge < -0.3 is 83.3 Å². The van der Waals surface area contributed by atoms with Crippen molar-refractivity contribution in [3.8, 4) is 91.6 Å². The van der Waals surface area contributed by atoms with Gasteiger partial charge in [0.1, 0.15) is 54.4 Å². The number of carbonyl (C=O) groups excluding carboxylic acids is 2. The fourth-order valence-corrected chi connectivity index (χ4v) is 14.1. The predicted octanol–water partition coefficient (Wildman–Crippen LogP) is 13.8. The van der Waals surface area contributed by atoms with Crippen LogP contribution in [0.1, 0.15) is 42.8 Å². The quantitative estimate of drug-likeness (QED) is 0.0169. The second-order valence-corrected chi connectivity index (χ2v) is 31.3. The number of hydrogen-bond acceptors (Lipinski definition) is 32. The number of hydrogen-bond donors (Lipinski definition) is 7. The molecule has 0 radical (unpaired) electrons. The van der Waals surface area contributed by atoms with Crippen molar-refractivity contribution in [2.45, 2.75) is 56.3 Å². The second kappa shape index (κ2) is 46.0. The van der Waals surface area contributed by atoms with Crippen molar-refractivity contribution < 1.29 is 38.0 Å². The molecule has 116 heavy (non-hydrogen) atoms. The van der Waals surface area contributed by atoms with Crippen LogP contribution in [-0.4, -0.2) is 210 Å². The molecule has 0 unspecified atom stereocenters. The highest BCUT2D eigenvalue weighted by atomic mass is 35.5. The Morgan fingerprint density at radius 1 is 0.422 bits per heavy atom. The van der Waals surface area contributed by atoms with Crippen molar-refractivity contribution >= 4 is 181 Å². The van der Waals surface area contributed by atoms with Gasteiger partial charge in [0, 0.05) is 89.5 Å². The molecule has 14 N–H and O–H groups in total. The number of benzene rings is 5. The van der Waals surface area contributed by atoms with Crippen LogP contribution in [0.3, 0.4) is 0 Å². The summed E-state index contributed by atoms with van der Waals surface area (Å²) in [6, 6.07) is 16.7. The summed E-state index contributed by atoms with van der Waals surface area (Å²) in [5, 5.41) is 5.13. The molecule has 5 aromatic carbocycles. The minimum atomic E-state index is -0.341. The Bertz CT molecular complexity index is 5040. The number of anilines is 5. The number of primary amides is 2. The van der Waals surface area contributed by atoms with Crippen LogP contribution in [0.5, 0.6) is 34.8 Å². The van der Waals surface area contributed by atoms with Crippen LogP contribution in [0.4, 0.5) is 29.7 Å². The molecule has 2 amide bonds. The monoisotopic (exact) mass is 1820 g/mol. The van der Waals surface area contributed by atoms with Gasteiger partial charge in [-0.25, -0.2) is 24.9 Å². The third-order valence-electron chi connectivity index (χ3n) is 15.1. The van der Waals surface area contributed by atoms with Gasteiger partial charge in [0.05, 0.1) is 76.7 Å². The molecule has 0 aliphatic carbocycles. The lowest BCUT2D eigenvalue weighted by Gasteiger charge is -2.14. The highest BCUT2D eigenvalue weighted by Gasteiger charge is 2.26. The summed E-state index contributed by atoms with van der Waals surface area (Å²) in [7, 11) is 14.7. The standard InChI is InChI=1S/C17H22Cl2N6O2S.C14H15Cl2N5O2S.C14H17Cl2N5O2.C14H17Cl2N5O.C13H11Cl2N3O/c1-25(2)5-6-27-13-8-10(11(18)9-12(13)19)15-22-16(21)24-17(23-15)28-7-3-4-14(20)26;1-23-10-5-7(8(15)6-9(10)16)12-19-13(18)21-14(20-12)24-4-2-3-11(17)22;1-21(2)4-5-23-11-6-8(9(15)7-10(11)16)12-18-13(17)20-14(19-12)22-3;1-8-18-13(20-14(17)19-8)9-6-12(11(16)7-10(9)15)22-5-4-21(2)3;1-6-4-10(18-13(16)17-6)11-7-2-3-19-12(7)9(15)5-8(11)14/h8-9H,3-7H2,1-2H3,(H2,20,26)(H2,21,22,23,24);5-6H,2-4H2,1H3,(H2,17,22)(H2,18,19,20,21);6-7H,4-5H2,1-3H3,(H2,17,18,19,20);6-7H,4-5H2,1-3H3,(H2,17,18,19,20);4-5H,2-3H2,1H3,(H2,16,17,18). The highest BCUT2D eigenvalue weighted by molar-refractivity contribution is 7.99. The zero-order valence-corrected chi connectivity index (χ0v) is 73.4. The number of carbonyl (C=O) groups is 2. The number of fused-ring (bicyclic) bond motifs is 1. The summed E-state index contributed by atoms with van der Waals surface area (Å²) in [6.45, 7) is 7.91. The molecule has 44 heteroatoms. The zero-order valence-electron chi connectivity index (χ0n) is 64.2. The number of ether oxygens (including phenoxy) is 6. The van der Waals surface area contributed by atoms with E-state index in [4.69, 9.17) is 185 Å². The number of aromatic nitrogens is 14. The Balaban J connectivity index is 0.000000201. The Morgan fingerprint density at radius 3 is 1.18 bits per heavy atom. The molecule has 10 aromatic rings. The average molecular weight is 1830 g/mol. The van der Waals surface area contributed by atoms with E-state index in [0.717, 1.165) is 42.9 Å². The number of methoxy groups -OCH3 is 2. The van der Waals surface area contributed by atoms with Gasteiger partial charge in [-0.05, 0) is 130 Å². The average Bonchev–Trinajstić information content (AvgIpc) is 1.58. The van der Waals surface area contributed by atoms with Crippen LogP contribution < -0.4 is 68.6 Å². The number of nitrogens with zero attached hydrogens (tertiary/aromatic N) is 17. The Kier molecular flexibility index (Phi) is 37.5. The number of halogens is 10. The Morgan fingerprint density at radius 2 is 0.793 bits per heavy atom. The number of amides is 2. The van der Waals surface area contributed by atoms with Gasteiger partial charge in [-0.3, -0.25) is 9.59 Å². The van der Waals surface area contributed by atoms with Gasteiger partial charge in [0.15, 0.2) is 33.6 Å². The van der Waals surface area contributed by atoms with Gasteiger partial charge in [-0.1, -0.05) is 140 Å². The first kappa shape index (κ1) is 94.6. The molecule has 1 aliphatic heterocycles. The van der Waals surface area contributed by atoms with E-state index < -0.39 is 0 Å². The van der Waals surface area contributed by atoms with E-state index in [0.29, 0.717) is 204 Å². The molecular weight excluding hydrogens is 1750 g/mol. The third kappa shape index (κ3) is 29.5. The molecule has 5 aromatic heterocycles. The number of rotatable bonds is 29. The molecule has 1 aliphatic rings. The number of likely N-dealkylation sites (N-methyl/N-ethyl adjacent to an activating group) is 3. The molecule has 0 saturated heterocycles. The van der Waals surface area contributed by atoms with Gasteiger partial charge in [-0.2, -0.15) is 44.9 Å². The van der Waals surface area contributed by atoms with E-state index in [2.05, 4.69) is 69.8 Å². The summed E-state index contributed by atoms with van der Waals surface area (Å²) >= 11 is 64.8. The maximum Gasteiger partial charge on any atom is 0.321 e. The largest absolute Gasteiger partial charge is 0.495 e. The zero-order chi connectivity index (χ0) is 85.2. The lowest BCUT2D eigenvalue weighted by molar-refractivity contribution is -0.118.